The first-order valence-corrected chi connectivity index (χ1v) is 7.69. The molecule has 0 aliphatic heterocycles. The zero-order valence-electron chi connectivity index (χ0n) is 13.0. The summed E-state index contributed by atoms with van der Waals surface area (Å²) < 4.78 is 0. The van der Waals surface area contributed by atoms with Crippen molar-refractivity contribution in [1.29, 1.82) is 0 Å². The van der Waals surface area contributed by atoms with E-state index in [9.17, 15) is 5.11 Å². The third-order valence-corrected chi connectivity index (χ3v) is 4.55. The van der Waals surface area contributed by atoms with Crippen LogP contribution in [-0.4, -0.2) is 5.11 Å². The largest absolute Gasteiger partial charge is 0.508 e. The van der Waals surface area contributed by atoms with Gasteiger partial charge in [0.2, 0.25) is 0 Å². The van der Waals surface area contributed by atoms with Crippen LogP contribution in [0.5, 0.6) is 5.75 Å². The molecule has 0 saturated carbocycles. The van der Waals surface area contributed by atoms with Crippen molar-refractivity contribution in [2.75, 3.05) is 0 Å². The summed E-state index contributed by atoms with van der Waals surface area (Å²) in [5, 5.41) is 13.3. The van der Waals surface area contributed by atoms with Gasteiger partial charge in [-0.25, -0.2) is 0 Å². The van der Waals surface area contributed by atoms with E-state index in [2.05, 4.69) is 50.4 Å². The van der Waals surface area contributed by atoms with Crippen LogP contribution in [-0.2, 0) is 6.42 Å². The second kappa shape index (κ2) is 5.53. The van der Waals surface area contributed by atoms with Crippen molar-refractivity contribution in [3.05, 3.63) is 64.2 Å². The maximum Gasteiger partial charge on any atom is 0.115 e. The van der Waals surface area contributed by atoms with Gasteiger partial charge in [-0.15, -0.1) is 0 Å². The van der Waals surface area contributed by atoms with E-state index < -0.39 is 0 Å². The van der Waals surface area contributed by atoms with E-state index in [1.807, 2.05) is 6.07 Å². The molecule has 21 heavy (non-hydrogen) atoms. The molecule has 0 bridgehead atoms. The summed E-state index contributed by atoms with van der Waals surface area (Å²) in [6, 6.07) is 13.1. The molecule has 0 amide bonds. The monoisotopic (exact) mass is 281 g/mol. The van der Waals surface area contributed by atoms with Gasteiger partial charge in [0.1, 0.15) is 5.75 Å². The van der Waals surface area contributed by atoms with Gasteiger partial charge >= 0.3 is 0 Å². The smallest absolute Gasteiger partial charge is 0.115 e. The summed E-state index contributed by atoms with van der Waals surface area (Å²) in [4.78, 5) is 0. The van der Waals surface area contributed by atoms with Crippen LogP contribution in [0.25, 0.3) is 0 Å². The number of nitrogens with one attached hydrogen (secondary N) is 1. The summed E-state index contributed by atoms with van der Waals surface area (Å²) in [5.74, 6) is 0.372. The highest BCUT2D eigenvalue weighted by atomic mass is 16.3. The predicted octanol–water partition coefficient (Wildman–Crippen LogP) is 4.35. The highest BCUT2D eigenvalue weighted by molar-refractivity contribution is 5.40. The number of phenolic OH excluding ortho intramolecular Hbond substituents is 1. The van der Waals surface area contributed by atoms with Crippen molar-refractivity contribution in [3.63, 3.8) is 0 Å². The molecule has 0 radical (unpaired) electrons. The average molecular weight is 281 g/mol. The lowest BCUT2D eigenvalue weighted by Gasteiger charge is -2.22. The van der Waals surface area contributed by atoms with E-state index in [4.69, 9.17) is 0 Å². The molecule has 0 fully saturated rings. The van der Waals surface area contributed by atoms with E-state index in [0.29, 0.717) is 17.8 Å². The fourth-order valence-corrected chi connectivity index (χ4v) is 3.48. The van der Waals surface area contributed by atoms with Crippen LogP contribution < -0.4 is 5.32 Å². The summed E-state index contributed by atoms with van der Waals surface area (Å²) in [7, 11) is 0. The van der Waals surface area contributed by atoms with Crippen LogP contribution >= 0.6 is 0 Å². The molecule has 1 aliphatic carbocycles. The average Bonchev–Trinajstić information content (AvgIpc) is 2.80. The molecular formula is C19H23NO. The number of phenols is 1. The zero-order valence-corrected chi connectivity index (χ0v) is 13.0. The van der Waals surface area contributed by atoms with Gasteiger partial charge in [-0.05, 0) is 68.0 Å². The van der Waals surface area contributed by atoms with Gasteiger partial charge in [0.15, 0.2) is 0 Å². The lowest BCUT2D eigenvalue weighted by Crippen LogP contribution is -2.23. The van der Waals surface area contributed by atoms with Crippen molar-refractivity contribution >= 4 is 0 Å². The Kier molecular flexibility index (Phi) is 3.73. The summed E-state index contributed by atoms with van der Waals surface area (Å²) >= 11 is 0. The maximum atomic E-state index is 9.58. The van der Waals surface area contributed by atoms with Gasteiger partial charge in [-0.3, -0.25) is 0 Å². The SMILES string of the molecule is Cc1ccc(C(C)NC2CCc3cc(O)ccc32)c(C)c1. The third kappa shape index (κ3) is 2.81. The Bertz CT molecular complexity index is 663. The molecule has 0 spiro atoms. The van der Waals surface area contributed by atoms with Crippen LogP contribution in [0.1, 0.15) is 53.2 Å². The molecule has 2 aromatic carbocycles. The zero-order chi connectivity index (χ0) is 15.0. The first-order valence-electron chi connectivity index (χ1n) is 7.69. The van der Waals surface area contributed by atoms with E-state index in [0.717, 1.165) is 12.8 Å². The van der Waals surface area contributed by atoms with E-state index >= 15 is 0 Å². The maximum absolute atomic E-state index is 9.58. The van der Waals surface area contributed by atoms with Gasteiger partial charge in [-0.1, -0.05) is 29.8 Å². The number of fused-ring (bicyclic) bond motifs is 1. The fourth-order valence-electron chi connectivity index (χ4n) is 3.48. The Morgan fingerprint density at radius 2 is 1.95 bits per heavy atom. The fraction of sp³-hybridized carbons (Fsp3) is 0.368. The lowest BCUT2D eigenvalue weighted by atomic mass is 9.99. The number of hydrogen-bond acceptors (Lipinski definition) is 2. The summed E-state index contributed by atoms with van der Waals surface area (Å²) in [6.07, 6.45) is 2.15. The molecule has 2 atom stereocenters. The van der Waals surface area contributed by atoms with Crippen LogP contribution in [0, 0.1) is 13.8 Å². The molecule has 2 N–H and O–H groups in total. The summed E-state index contributed by atoms with van der Waals surface area (Å²) in [6.45, 7) is 6.55. The molecule has 0 saturated heterocycles. The van der Waals surface area contributed by atoms with Crippen molar-refractivity contribution in [2.24, 2.45) is 0 Å². The van der Waals surface area contributed by atoms with Crippen molar-refractivity contribution in [2.45, 2.75) is 45.7 Å². The minimum atomic E-state index is 0.329. The number of hydrogen-bond donors (Lipinski definition) is 2. The quantitative estimate of drug-likeness (QED) is 0.876. The lowest BCUT2D eigenvalue weighted by molar-refractivity contribution is 0.463. The van der Waals surface area contributed by atoms with Gasteiger partial charge in [0, 0.05) is 12.1 Å². The Balaban J connectivity index is 1.79. The molecule has 0 heterocycles. The first kappa shape index (κ1) is 14.2. The molecule has 110 valence electrons. The standard InChI is InChI=1S/C19H23NO/c1-12-4-7-17(13(2)10-12)14(3)20-19-9-5-15-11-16(21)6-8-18(15)19/h4,6-8,10-11,14,19-21H,5,9H2,1-3H3. The first-order chi connectivity index (χ1) is 10.0. The van der Waals surface area contributed by atoms with Crippen LogP contribution in [0.15, 0.2) is 36.4 Å². The third-order valence-electron chi connectivity index (χ3n) is 4.55. The molecule has 2 aromatic rings. The molecule has 2 nitrogen and oxygen atoms in total. The Morgan fingerprint density at radius 3 is 2.71 bits per heavy atom. The van der Waals surface area contributed by atoms with Gasteiger partial charge in [0.05, 0.1) is 0 Å². The van der Waals surface area contributed by atoms with Crippen molar-refractivity contribution in [1.82, 2.24) is 5.32 Å². The summed E-state index contributed by atoms with van der Waals surface area (Å²) in [5.41, 5.74) is 6.64. The number of benzene rings is 2. The van der Waals surface area contributed by atoms with Crippen LogP contribution in [0.3, 0.4) is 0 Å². The Hall–Kier alpha value is -1.80. The number of aryl methyl sites for hydroxylation is 3. The van der Waals surface area contributed by atoms with Crippen LogP contribution in [0.2, 0.25) is 0 Å². The highest BCUT2D eigenvalue weighted by Gasteiger charge is 2.24. The predicted molar refractivity (Wildman–Crippen MR) is 86.6 cm³/mol. The number of rotatable bonds is 3. The second-order valence-corrected chi connectivity index (χ2v) is 6.22. The van der Waals surface area contributed by atoms with Crippen molar-refractivity contribution < 1.29 is 5.11 Å². The minimum Gasteiger partial charge on any atom is -0.508 e. The van der Waals surface area contributed by atoms with Gasteiger partial charge in [-0.2, -0.15) is 0 Å². The normalized spacial score (nSPS) is 18.5. The minimum absolute atomic E-state index is 0.329. The Morgan fingerprint density at radius 1 is 1.14 bits per heavy atom. The van der Waals surface area contributed by atoms with Gasteiger partial charge in [0.25, 0.3) is 0 Å². The molecule has 3 rings (SSSR count). The number of aromatic hydroxyl groups is 1. The second-order valence-electron chi connectivity index (χ2n) is 6.22. The van der Waals surface area contributed by atoms with Crippen molar-refractivity contribution in [3.8, 4) is 5.75 Å². The molecular weight excluding hydrogens is 258 g/mol. The molecule has 2 unspecified atom stereocenters. The van der Waals surface area contributed by atoms with E-state index in [1.54, 1.807) is 6.07 Å². The van der Waals surface area contributed by atoms with E-state index in [1.165, 1.54) is 27.8 Å². The Labute approximate surface area is 126 Å². The molecule has 1 aliphatic rings. The molecule has 0 aromatic heterocycles. The highest BCUT2D eigenvalue weighted by Crippen LogP contribution is 2.35. The van der Waals surface area contributed by atoms with Crippen LogP contribution in [0.4, 0.5) is 0 Å². The van der Waals surface area contributed by atoms with E-state index in [-0.39, 0.29) is 0 Å². The molecule has 2 heteroatoms. The van der Waals surface area contributed by atoms with Gasteiger partial charge < -0.3 is 10.4 Å². The topological polar surface area (TPSA) is 32.3 Å².